The van der Waals surface area contributed by atoms with Gasteiger partial charge in [-0.2, -0.15) is 5.10 Å². The van der Waals surface area contributed by atoms with E-state index in [0.29, 0.717) is 5.75 Å². The van der Waals surface area contributed by atoms with E-state index in [1.54, 1.807) is 18.0 Å². The number of amides is 1. The molecule has 0 bridgehead atoms. The summed E-state index contributed by atoms with van der Waals surface area (Å²) >= 11 is 8.55. The van der Waals surface area contributed by atoms with Gasteiger partial charge in [0, 0.05) is 37.3 Å². The number of aryl methyl sites for hydroxylation is 1. The fourth-order valence-electron chi connectivity index (χ4n) is 2.98. The molecule has 3 rings (SSSR count). The van der Waals surface area contributed by atoms with E-state index < -0.39 is 0 Å². The van der Waals surface area contributed by atoms with Crippen LogP contribution in [0.2, 0.25) is 0 Å². The van der Waals surface area contributed by atoms with Crippen molar-refractivity contribution in [1.29, 1.82) is 0 Å². The van der Waals surface area contributed by atoms with Crippen LogP contribution in [0.15, 0.2) is 68.6 Å². The number of thioether (sulfide) groups is 1. The highest BCUT2D eigenvalue weighted by Gasteiger charge is 2.09. The van der Waals surface area contributed by atoms with Gasteiger partial charge in [-0.3, -0.25) is 4.79 Å². The number of aromatic nitrogens is 1. The highest BCUT2D eigenvalue weighted by molar-refractivity contribution is 9.10. The van der Waals surface area contributed by atoms with E-state index in [4.69, 9.17) is 0 Å². The van der Waals surface area contributed by atoms with Crippen LogP contribution in [0.4, 0.5) is 0 Å². The fraction of sp³-hybridized carbons (Fsp3) is 0.182. The molecule has 0 aliphatic rings. The molecule has 0 unspecified atom stereocenters. The van der Waals surface area contributed by atoms with E-state index in [-0.39, 0.29) is 5.91 Å². The van der Waals surface area contributed by atoms with Crippen molar-refractivity contribution in [1.82, 2.24) is 9.99 Å². The Kier molecular flexibility index (Phi) is 7.75. The first-order chi connectivity index (χ1) is 14.0. The molecule has 150 valence electrons. The molecule has 1 amide bonds. The predicted molar refractivity (Wildman–Crippen MR) is 129 cm³/mol. The van der Waals surface area contributed by atoms with Gasteiger partial charge in [0.25, 0.3) is 0 Å². The van der Waals surface area contributed by atoms with Crippen LogP contribution in [-0.2, 0) is 10.5 Å². The summed E-state index contributed by atoms with van der Waals surface area (Å²) in [5.41, 5.74) is 8.05. The number of carbonyl (C=O) groups is 1. The number of hydrazone groups is 1. The first kappa shape index (κ1) is 21.9. The molecule has 1 heterocycles. The molecular weight excluding hydrogens is 514 g/mol. The Morgan fingerprint density at radius 1 is 1.14 bits per heavy atom. The third kappa shape index (κ3) is 5.84. The second-order valence-electron chi connectivity index (χ2n) is 6.52. The van der Waals surface area contributed by atoms with Crippen molar-refractivity contribution in [3.63, 3.8) is 0 Å². The maximum absolute atomic E-state index is 12.1. The molecule has 0 saturated heterocycles. The molecule has 1 N–H and O–H groups in total. The van der Waals surface area contributed by atoms with E-state index >= 15 is 0 Å². The molecule has 0 atom stereocenters. The number of carbonyl (C=O) groups excluding carboxylic acids is 1. The minimum Gasteiger partial charge on any atom is -0.318 e. The van der Waals surface area contributed by atoms with E-state index in [1.807, 2.05) is 43.3 Å². The van der Waals surface area contributed by atoms with Gasteiger partial charge in [-0.15, -0.1) is 11.8 Å². The molecule has 0 spiro atoms. The topological polar surface area (TPSA) is 46.4 Å². The SMILES string of the molecule is Cc1cc(/C=N/NC(=O)CSCc2ccccc2Br)c(C)n1-c1ccc(Br)cc1. The van der Waals surface area contributed by atoms with Gasteiger partial charge in [-0.05, 0) is 55.8 Å². The molecule has 0 aliphatic heterocycles. The van der Waals surface area contributed by atoms with Crippen molar-refractivity contribution in [2.24, 2.45) is 5.10 Å². The van der Waals surface area contributed by atoms with Gasteiger partial charge in [0.15, 0.2) is 0 Å². The third-order valence-corrected chi connectivity index (χ3v) is 6.68. The average molecular weight is 535 g/mol. The Labute approximate surface area is 192 Å². The van der Waals surface area contributed by atoms with Crippen LogP contribution in [0.25, 0.3) is 5.69 Å². The molecule has 29 heavy (non-hydrogen) atoms. The summed E-state index contributed by atoms with van der Waals surface area (Å²) in [6.07, 6.45) is 1.70. The van der Waals surface area contributed by atoms with E-state index in [9.17, 15) is 4.79 Å². The summed E-state index contributed by atoms with van der Waals surface area (Å²) in [6.45, 7) is 4.11. The number of hydrogen-bond donors (Lipinski definition) is 1. The first-order valence-electron chi connectivity index (χ1n) is 9.03. The van der Waals surface area contributed by atoms with Crippen molar-refractivity contribution in [2.45, 2.75) is 19.6 Å². The van der Waals surface area contributed by atoms with Gasteiger partial charge >= 0.3 is 0 Å². The van der Waals surface area contributed by atoms with Gasteiger partial charge in [0.05, 0.1) is 12.0 Å². The maximum Gasteiger partial charge on any atom is 0.250 e. The van der Waals surface area contributed by atoms with Crippen molar-refractivity contribution in [3.05, 3.63) is 86.1 Å². The minimum absolute atomic E-state index is 0.111. The Morgan fingerprint density at radius 2 is 1.86 bits per heavy atom. The largest absolute Gasteiger partial charge is 0.318 e. The van der Waals surface area contributed by atoms with Crippen LogP contribution < -0.4 is 5.43 Å². The van der Waals surface area contributed by atoms with Gasteiger partial charge in [-0.25, -0.2) is 5.43 Å². The van der Waals surface area contributed by atoms with Crippen LogP contribution in [0.1, 0.15) is 22.5 Å². The van der Waals surface area contributed by atoms with Gasteiger partial charge in [-0.1, -0.05) is 50.1 Å². The van der Waals surface area contributed by atoms with E-state index in [0.717, 1.165) is 37.3 Å². The molecule has 0 radical (unpaired) electrons. The second-order valence-corrected chi connectivity index (χ2v) is 9.27. The molecule has 4 nitrogen and oxygen atoms in total. The van der Waals surface area contributed by atoms with Gasteiger partial charge < -0.3 is 4.57 Å². The Bertz CT molecular complexity index is 1030. The average Bonchev–Trinajstić information content (AvgIpc) is 2.98. The molecule has 7 heteroatoms. The summed E-state index contributed by atoms with van der Waals surface area (Å²) in [5, 5.41) is 4.14. The number of nitrogens with one attached hydrogen (secondary N) is 1. The Morgan fingerprint density at radius 3 is 2.59 bits per heavy atom. The molecule has 0 saturated carbocycles. The zero-order valence-corrected chi connectivity index (χ0v) is 20.1. The van der Waals surface area contributed by atoms with Crippen molar-refractivity contribution < 1.29 is 4.79 Å². The molecule has 1 aromatic heterocycles. The van der Waals surface area contributed by atoms with Gasteiger partial charge in [0.2, 0.25) is 5.91 Å². The Hall–Kier alpha value is -1.83. The lowest BCUT2D eigenvalue weighted by atomic mass is 10.2. The number of rotatable bonds is 7. The standard InChI is InChI=1S/C22H21Br2N3OS/c1-15-11-18(16(2)27(15)20-9-7-19(23)8-10-20)12-25-26-22(28)14-29-13-17-5-3-4-6-21(17)24/h3-12H,13-14H2,1-2H3,(H,26,28)/b25-12+. The summed E-state index contributed by atoms with van der Waals surface area (Å²) < 4.78 is 4.28. The summed E-state index contributed by atoms with van der Waals surface area (Å²) in [7, 11) is 0. The Balaban J connectivity index is 1.56. The minimum atomic E-state index is -0.111. The number of hydrogen-bond acceptors (Lipinski definition) is 3. The lowest BCUT2D eigenvalue weighted by Crippen LogP contribution is -2.19. The molecule has 0 fully saturated rings. The lowest BCUT2D eigenvalue weighted by Gasteiger charge is -2.09. The lowest BCUT2D eigenvalue weighted by molar-refractivity contribution is -0.118. The van der Waals surface area contributed by atoms with Crippen molar-refractivity contribution in [2.75, 3.05) is 5.75 Å². The summed E-state index contributed by atoms with van der Waals surface area (Å²) in [4.78, 5) is 12.1. The first-order valence-corrected chi connectivity index (χ1v) is 11.8. The fourth-order valence-corrected chi connectivity index (χ4v) is 4.68. The predicted octanol–water partition coefficient (Wildman–Crippen LogP) is 6.00. The van der Waals surface area contributed by atoms with Crippen molar-refractivity contribution >= 4 is 55.7 Å². The third-order valence-electron chi connectivity index (χ3n) is 4.40. The van der Waals surface area contributed by atoms with Crippen LogP contribution in [0.3, 0.4) is 0 Å². The van der Waals surface area contributed by atoms with E-state index in [2.05, 4.69) is 72.1 Å². The van der Waals surface area contributed by atoms with Gasteiger partial charge in [0.1, 0.15) is 0 Å². The van der Waals surface area contributed by atoms with Crippen molar-refractivity contribution in [3.8, 4) is 5.69 Å². The number of benzene rings is 2. The highest BCUT2D eigenvalue weighted by Crippen LogP contribution is 2.22. The normalized spacial score (nSPS) is 11.2. The monoisotopic (exact) mass is 533 g/mol. The zero-order chi connectivity index (χ0) is 20.8. The summed E-state index contributed by atoms with van der Waals surface area (Å²) in [6, 6.07) is 18.3. The highest BCUT2D eigenvalue weighted by atomic mass is 79.9. The second kappa shape index (κ2) is 10.3. The number of halogens is 2. The van der Waals surface area contributed by atoms with Crippen LogP contribution in [0.5, 0.6) is 0 Å². The molecular formula is C22H21Br2N3OS. The van der Waals surface area contributed by atoms with Crippen LogP contribution >= 0.6 is 43.6 Å². The molecule has 2 aromatic carbocycles. The summed E-state index contributed by atoms with van der Waals surface area (Å²) in [5.74, 6) is 1.02. The zero-order valence-electron chi connectivity index (χ0n) is 16.2. The van der Waals surface area contributed by atoms with E-state index in [1.165, 1.54) is 5.56 Å². The molecule has 3 aromatic rings. The smallest absolute Gasteiger partial charge is 0.250 e. The van der Waals surface area contributed by atoms with Crippen LogP contribution in [0, 0.1) is 13.8 Å². The quantitative estimate of drug-likeness (QED) is 0.298. The maximum atomic E-state index is 12.1. The number of nitrogens with zero attached hydrogens (tertiary/aromatic N) is 2. The van der Waals surface area contributed by atoms with Crippen LogP contribution in [-0.4, -0.2) is 22.4 Å². The molecule has 0 aliphatic carbocycles.